The number of nitro groups is 1. The predicted molar refractivity (Wildman–Crippen MR) is 45.2 cm³/mol. The first-order valence-corrected chi connectivity index (χ1v) is 4.04. The summed E-state index contributed by atoms with van der Waals surface area (Å²) in [5.74, 6) is -0.528. The monoisotopic (exact) mass is 268 g/mol. The van der Waals surface area contributed by atoms with E-state index in [0.717, 1.165) is 12.4 Å². The maximum atomic E-state index is 11.9. The van der Waals surface area contributed by atoms with Gasteiger partial charge in [-0.3, -0.25) is 15.1 Å². The maximum absolute atomic E-state index is 11.9. The van der Waals surface area contributed by atoms with Crippen LogP contribution in [0.15, 0.2) is 16.9 Å². The van der Waals surface area contributed by atoms with Crippen molar-refractivity contribution in [2.24, 2.45) is 0 Å². The van der Waals surface area contributed by atoms with E-state index in [2.05, 4.69) is 25.7 Å². The van der Waals surface area contributed by atoms with Crippen LogP contribution in [0.2, 0.25) is 0 Å². The van der Waals surface area contributed by atoms with Crippen LogP contribution in [0.3, 0.4) is 0 Å². The molecule has 5 nitrogen and oxygen atoms in total. The minimum Gasteiger partial charge on any atom is -0.426 e. The first-order chi connectivity index (χ1) is 6.52. The Morgan fingerprint density at radius 2 is 2.21 bits per heavy atom. The van der Waals surface area contributed by atoms with Gasteiger partial charge in [-0.1, -0.05) is 0 Å². The maximum Gasteiger partial charge on any atom is 0.387 e. The number of rotatable bonds is 3. The van der Waals surface area contributed by atoms with Crippen LogP contribution < -0.4 is 4.74 Å². The minimum atomic E-state index is -3.12. The highest BCUT2D eigenvalue weighted by molar-refractivity contribution is 9.10. The Labute approximate surface area is 85.0 Å². The average molecular weight is 269 g/mol. The van der Waals surface area contributed by atoms with Crippen LogP contribution in [0.4, 0.5) is 14.5 Å². The van der Waals surface area contributed by atoms with Crippen molar-refractivity contribution in [3.63, 3.8) is 0 Å². The first-order valence-electron chi connectivity index (χ1n) is 3.25. The van der Waals surface area contributed by atoms with Crippen molar-refractivity contribution in [1.29, 1.82) is 0 Å². The van der Waals surface area contributed by atoms with E-state index < -0.39 is 23.0 Å². The molecular weight excluding hydrogens is 266 g/mol. The molecule has 0 aliphatic heterocycles. The second-order valence-corrected chi connectivity index (χ2v) is 2.96. The SMILES string of the molecule is O=[N+]([O-])c1cncc(Br)c1OC(F)F. The van der Waals surface area contributed by atoms with Crippen LogP contribution in [0, 0.1) is 10.1 Å². The Kier molecular flexibility index (Phi) is 3.28. The second-order valence-electron chi connectivity index (χ2n) is 2.11. The standard InChI is InChI=1S/C6H3BrF2N2O3/c7-3-1-10-2-4(11(12)13)5(3)14-6(8)9/h1-2,6H. The molecule has 0 unspecified atom stereocenters. The molecule has 76 valence electrons. The zero-order chi connectivity index (χ0) is 10.7. The summed E-state index contributed by atoms with van der Waals surface area (Å²) < 4.78 is 27.7. The Balaban J connectivity index is 3.15. The summed E-state index contributed by atoms with van der Waals surface area (Å²) in [4.78, 5) is 13.0. The second kappa shape index (κ2) is 4.27. The van der Waals surface area contributed by atoms with Crippen molar-refractivity contribution < 1.29 is 18.4 Å². The molecule has 0 saturated carbocycles. The van der Waals surface area contributed by atoms with Crippen LogP contribution in [0.1, 0.15) is 0 Å². The fourth-order valence-corrected chi connectivity index (χ4v) is 1.16. The third-order valence-electron chi connectivity index (χ3n) is 1.24. The van der Waals surface area contributed by atoms with Gasteiger partial charge in [-0.25, -0.2) is 0 Å². The van der Waals surface area contributed by atoms with E-state index in [9.17, 15) is 18.9 Å². The fraction of sp³-hybridized carbons (Fsp3) is 0.167. The molecule has 1 rings (SSSR count). The Hall–Kier alpha value is -1.31. The van der Waals surface area contributed by atoms with Gasteiger partial charge in [0.05, 0.1) is 9.40 Å². The normalized spacial score (nSPS) is 10.3. The van der Waals surface area contributed by atoms with Gasteiger partial charge < -0.3 is 4.74 Å². The quantitative estimate of drug-likeness (QED) is 0.624. The van der Waals surface area contributed by atoms with E-state index in [-0.39, 0.29) is 4.47 Å². The van der Waals surface area contributed by atoms with Crippen molar-refractivity contribution in [3.8, 4) is 5.75 Å². The van der Waals surface area contributed by atoms with E-state index in [4.69, 9.17) is 0 Å². The molecule has 0 aliphatic carbocycles. The number of alkyl halides is 2. The molecular formula is C6H3BrF2N2O3. The van der Waals surface area contributed by atoms with Crippen molar-refractivity contribution in [2.75, 3.05) is 0 Å². The van der Waals surface area contributed by atoms with Crippen molar-refractivity contribution in [1.82, 2.24) is 4.98 Å². The Morgan fingerprint density at radius 1 is 1.57 bits per heavy atom. The van der Waals surface area contributed by atoms with Crippen LogP contribution in [0.25, 0.3) is 0 Å². The van der Waals surface area contributed by atoms with E-state index in [0.29, 0.717) is 0 Å². The summed E-state index contributed by atoms with van der Waals surface area (Å²) in [5.41, 5.74) is -0.611. The van der Waals surface area contributed by atoms with Crippen molar-refractivity contribution >= 4 is 21.6 Å². The smallest absolute Gasteiger partial charge is 0.387 e. The summed E-state index contributed by atoms with van der Waals surface area (Å²) in [6.07, 6.45) is 1.97. The summed E-state index contributed by atoms with van der Waals surface area (Å²) in [7, 11) is 0. The van der Waals surface area contributed by atoms with Gasteiger partial charge >= 0.3 is 12.3 Å². The molecule has 1 aromatic rings. The minimum absolute atomic E-state index is 0.00648. The number of nitrogens with zero attached hydrogens (tertiary/aromatic N) is 2. The van der Waals surface area contributed by atoms with E-state index in [1.54, 1.807) is 0 Å². The number of aromatic nitrogens is 1. The summed E-state index contributed by atoms with van der Waals surface area (Å²) in [5, 5.41) is 10.4. The topological polar surface area (TPSA) is 65.3 Å². The molecule has 0 fully saturated rings. The largest absolute Gasteiger partial charge is 0.426 e. The van der Waals surface area contributed by atoms with Crippen LogP contribution >= 0.6 is 15.9 Å². The molecule has 0 atom stereocenters. The third-order valence-corrected chi connectivity index (χ3v) is 1.80. The van der Waals surface area contributed by atoms with Gasteiger partial charge in [0.1, 0.15) is 6.20 Å². The van der Waals surface area contributed by atoms with Crippen LogP contribution in [-0.4, -0.2) is 16.5 Å². The van der Waals surface area contributed by atoms with Gasteiger partial charge in [0.25, 0.3) is 0 Å². The molecule has 1 aromatic heterocycles. The molecule has 0 N–H and O–H groups in total. The molecule has 0 spiro atoms. The number of hydrogen-bond acceptors (Lipinski definition) is 4. The average Bonchev–Trinajstić information content (AvgIpc) is 2.07. The van der Waals surface area contributed by atoms with Crippen LogP contribution in [0.5, 0.6) is 5.75 Å². The molecule has 0 aromatic carbocycles. The lowest BCUT2D eigenvalue weighted by Crippen LogP contribution is -2.05. The van der Waals surface area contributed by atoms with Crippen LogP contribution in [-0.2, 0) is 0 Å². The Bertz CT molecular complexity index is 361. The zero-order valence-electron chi connectivity index (χ0n) is 6.49. The Morgan fingerprint density at radius 3 is 2.71 bits per heavy atom. The lowest BCUT2D eigenvalue weighted by atomic mass is 10.4. The highest BCUT2D eigenvalue weighted by Gasteiger charge is 2.21. The number of pyridine rings is 1. The van der Waals surface area contributed by atoms with Gasteiger partial charge in [0.2, 0.25) is 5.75 Å². The fourth-order valence-electron chi connectivity index (χ4n) is 0.749. The number of halogens is 3. The molecule has 1 heterocycles. The summed E-state index contributed by atoms with van der Waals surface area (Å²) in [6.45, 7) is -3.12. The highest BCUT2D eigenvalue weighted by atomic mass is 79.9. The van der Waals surface area contributed by atoms with Gasteiger partial charge in [-0.05, 0) is 15.9 Å². The van der Waals surface area contributed by atoms with Gasteiger partial charge in [-0.2, -0.15) is 8.78 Å². The molecule has 0 radical (unpaired) electrons. The summed E-state index contributed by atoms with van der Waals surface area (Å²) >= 11 is 2.82. The molecule has 0 bridgehead atoms. The molecule has 0 aliphatic rings. The molecule has 0 saturated heterocycles. The lowest BCUT2D eigenvalue weighted by Gasteiger charge is -2.05. The molecule has 14 heavy (non-hydrogen) atoms. The van der Waals surface area contributed by atoms with Crippen molar-refractivity contribution in [3.05, 3.63) is 27.0 Å². The number of ether oxygens (including phenoxy) is 1. The number of hydrogen-bond donors (Lipinski definition) is 0. The third kappa shape index (κ3) is 2.34. The zero-order valence-corrected chi connectivity index (χ0v) is 8.07. The van der Waals surface area contributed by atoms with Gasteiger partial charge in [0.15, 0.2) is 0 Å². The van der Waals surface area contributed by atoms with Crippen molar-refractivity contribution in [2.45, 2.75) is 6.61 Å². The van der Waals surface area contributed by atoms with Gasteiger partial charge in [-0.15, -0.1) is 0 Å². The molecule has 0 amide bonds. The van der Waals surface area contributed by atoms with Gasteiger partial charge in [0, 0.05) is 6.20 Å². The predicted octanol–water partition coefficient (Wildman–Crippen LogP) is 2.35. The first kappa shape index (κ1) is 10.8. The lowest BCUT2D eigenvalue weighted by molar-refractivity contribution is -0.386. The van der Waals surface area contributed by atoms with E-state index >= 15 is 0 Å². The van der Waals surface area contributed by atoms with E-state index in [1.165, 1.54) is 0 Å². The summed E-state index contributed by atoms with van der Waals surface area (Å²) in [6, 6.07) is 0. The van der Waals surface area contributed by atoms with E-state index in [1.807, 2.05) is 0 Å². The highest BCUT2D eigenvalue weighted by Crippen LogP contribution is 2.34. The molecule has 8 heteroatoms.